The van der Waals surface area contributed by atoms with Gasteiger partial charge in [0.15, 0.2) is 11.8 Å². The highest BCUT2D eigenvalue weighted by Crippen LogP contribution is 2.36. The lowest BCUT2D eigenvalue weighted by atomic mass is 9.90. The van der Waals surface area contributed by atoms with Gasteiger partial charge in [0.2, 0.25) is 0 Å². The molecule has 1 amide bonds. The van der Waals surface area contributed by atoms with E-state index in [1.54, 1.807) is 20.8 Å². The van der Waals surface area contributed by atoms with Crippen molar-refractivity contribution in [3.05, 3.63) is 11.6 Å². The largest absolute Gasteiger partial charge is 0.467 e. The lowest BCUT2D eigenvalue weighted by Crippen LogP contribution is -2.46. The Labute approximate surface area is 136 Å². The molecule has 1 aliphatic carbocycles. The molecule has 2 aliphatic rings. The van der Waals surface area contributed by atoms with E-state index in [0.29, 0.717) is 32.5 Å². The van der Waals surface area contributed by atoms with Gasteiger partial charge in [0, 0.05) is 12.8 Å². The highest BCUT2D eigenvalue weighted by Gasteiger charge is 2.40. The summed E-state index contributed by atoms with van der Waals surface area (Å²) in [5.74, 6) is -1.10. The highest BCUT2D eigenvalue weighted by molar-refractivity contribution is 5.84. The van der Waals surface area contributed by atoms with Gasteiger partial charge in [-0.2, -0.15) is 0 Å². The second-order valence-electron chi connectivity index (χ2n) is 6.69. The number of amides is 1. The first-order valence-electron chi connectivity index (χ1n) is 7.79. The zero-order chi connectivity index (χ0) is 17.1. The monoisotopic (exact) mass is 327 g/mol. The predicted molar refractivity (Wildman–Crippen MR) is 81.7 cm³/mol. The second kappa shape index (κ2) is 6.88. The van der Waals surface area contributed by atoms with Crippen LogP contribution in [0.2, 0.25) is 0 Å². The number of esters is 1. The molecule has 1 atom stereocenters. The molecule has 0 bridgehead atoms. The maximum Gasteiger partial charge on any atom is 0.408 e. The zero-order valence-electron chi connectivity index (χ0n) is 14.1. The van der Waals surface area contributed by atoms with Crippen molar-refractivity contribution in [2.75, 3.05) is 20.3 Å². The number of rotatable bonds is 3. The number of hydrogen-bond acceptors (Lipinski definition) is 6. The maximum atomic E-state index is 12.0. The van der Waals surface area contributed by atoms with Crippen LogP contribution in [0.25, 0.3) is 0 Å². The summed E-state index contributed by atoms with van der Waals surface area (Å²) in [4.78, 5) is 24.0. The van der Waals surface area contributed by atoms with Crippen molar-refractivity contribution in [1.82, 2.24) is 5.32 Å². The first-order chi connectivity index (χ1) is 10.7. The number of carbonyl (C=O) groups excluding carboxylic acids is 2. The quantitative estimate of drug-likeness (QED) is 0.630. The Morgan fingerprint density at radius 2 is 1.96 bits per heavy atom. The van der Waals surface area contributed by atoms with Crippen molar-refractivity contribution in [3.63, 3.8) is 0 Å². The SMILES string of the molecule is COC(=O)[C@@H](NC(=O)OC(C)(C)C)C1=CCC2(CC1)OCCO2. The van der Waals surface area contributed by atoms with Crippen molar-refractivity contribution in [3.8, 4) is 0 Å². The fraction of sp³-hybridized carbons (Fsp3) is 0.750. The summed E-state index contributed by atoms with van der Waals surface area (Å²) in [5, 5.41) is 2.59. The van der Waals surface area contributed by atoms with Crippen molar-refractivity contribution in [2.24, 2.45) is 0 Å². The molecule has 7 heteroatoms. The van der Waals surface area contributed by atoms with Gasteiger partial charge in [-0.05, 0) is 32.8 Å². The molecule has 1 spiro atoms. The molecule has 1 aliphatic heterocycles. The van der Waals surface area contributed by atoms with Crippen LogP contribution in [0.15, 0.2) is 11.6 Å². The minimum Gasteiger partial charge on any atom is -0.467 e. The minimum atomic E-state index is -0.853. The molecule has 2 rings (SSSR count). The van der Waals surface area contributed by atoms with Gasteiger partial charge in [-0.15, -0.1) is 0 Å². The molecule has 1 N–H and O–H groups in total. The van der Waals surface area contributed by atoms with Crippen molar-refractivity contribution >= 4 is 12.1 Å². The molecule has 0 saturated carbocycles. The average Bonchev–Trinajstić information content (AvgIpc) is 2.91. The van der Waals surface area contributed by atoms with E-state index >= 15 is 0 Å². The van der Waals surface area contributed by atoms with Gasteiger partial charge in [0.05, 0.1) is 20.3 Å². The van der Waals surface area contributed by atoms with Crippen LogP contribution in [-0.4, -0.2) is 49.8 Å². The van der Waals surface area contributed by atoms with Gasteiger partial charge >= 0.3 is 12.1 Å². The lowest BCUT2D eigenvalue weighted by molar-refractivity contribution is -0.162. The predicted octanol–water partition coefficient (Wildman–Crippen LogP) is 1.91. The number of nitrogens with one attached hydrogen (secondary N) is 1. The van der Waals surface area contributed by atoms with Crippen LogP contribution in [0.4, 0.5) is 4.79 Å². The van der Waals surface area contributed by atoms with Crippen LogP contribution in [-0.2, 0) is 23.7 Å². The van der Waals surface area contributed by atoms with E-state index in [9.17, 15) is 9.59 Å². The summed E-state index contributed by atoms with van der Waals surface area (Å²) in [6.45, 7) is 6.45. The van der Waals surface area contributed by atoms with E-state index in [0.717, 1.165) is 5.57 Å². The molecule has 23 heavy (non-hydrogen) atoms. The van der Waals surface area contributed by atoms with Crippen LogP contribution in [0.3, 0.4) is 0 Å². The molecule has 0 aromatic carbocycles. The Morgan fingerprint density at radius 1 is 1.30 bits per heavy atom. The van der Waals surface area contributed by atoms with Crippen LogP contribution >= 0.6 is 0 Å². The van der Waals surface area contributed by atoms with Gasteiger partial charge in [-0.3, -0.25) is 0 Å². The van der Waals surface area contributed by atoms with Crippen molar-refractivity contribution < 1.29 is 28.5 Å². The number of carbonyl (C=O) groups is 2. The van der Waals surface area contributed by atoms with E-state index in [4.69, 9.17) is 18.9 Å². The molecule has 1 heterocycles. The Hall–Kier alpha value is -1.60. The molecule has 1 fully saturated rings. The Bertz CT molecular complexity index is 487. The third-order valence-corrected chi connectivity index (χ3v) is 3.75. The van der Waals surface area contributed by atoms with E-state index in [1.165, 1.54) is 7.11 Å². The molecule has 0 aromatic heterocycles. The van der Waals surface area contributed by atoms with Gasteiger partial charge in [0.25, 0.3) is 0 Å². The first kappa shape index (κ1) is 17.7. The molecule has 1 saturated heterocycles. The van der Waals surface area contributed by atoms with Crippen molar-refractivity contribution in [2.45, 2.75) is 57.5 Å². The first-order valence-corrected chi connectivity index (χ1v) is 7.79. The van der Waals surface area contributed by atoms with Crippen LogP contribution in [0, 0.1) is 0 Å². The van der Waals surface area contributed by atoms with Gasteiger partial charge < -0.3 is 24.3 Å². The molecule has 0 aromatic rings. The summed E-state index contributed by atoms with van der Waals surface area (Å²) >= 11 is 0. The fourth-order valence-electron chi connectivity index (χ4n) is 2.69. The molecular weight excluding hydrogens is 302 g/mol. The summed E-state index contributed by atoms with van der Waals surface area (Å²) in [6.07, 6.45) is 3.00. The average molecular weight is 327 g/mol. The summed E-state index contributed by atoms with van der Waals surface area (Å²) in [6, 6.07) is -0.853. The second-order valence-corrected chi connectivity index (χ2v) is 6.69. The summed E-state index contributed by atoms with van der Waals surface area (Å²) in [7, 11) is 1.29. The van der Waals surface area contributed by atoms with Gasteiger partial charge in [-0.25, -0.2) is 9.59 Å². The van der Waals surface area contributed by atoms with Crippen molar-refractivity contribution in [1.29, 1.82) is 0 Å². The fourth-order valence-corrected chi connectivity index (χ4v) is 2.69. The minimum absolute atomic E-state index is 0.522. The Balaban J connectivity index is 2.05. The van der Waals surface area contributed by atoms with Crippen LogP contribution < -0.4 is 5.32 Å². The third-order valence-electron chi connectivity index (χ3n) is 3.75. The smallest absolute Gasteiger partial charge is 0.408 e. The molecule has 7 nitrogen and oxygen atoms in total. The number of hydrogen-bond donors (Lipinski definition) is 1. The summed E-state index contributed by atoms with van der Waals surface area (Å²) < 4.78 is 21.3. The van der Waals surface area contributed by atoms with E-state index in [2.05, 4.69) is 5.32 Å². The number of methoxy groups -OCH3 is 1. The van der Waals surface area contributed by atoms with E-state index in [1.807, 2.05) is 6.08 Å². The Kier molecular flexibility index (Phi) is 5.31. The summed E-state index contributed by atoms with van der Waals surface area (Å²) in [5.41, 5.74) is 0.147. The standard InChI is InChI=1S/C16H25NO6/c1-15(2,3)23-14(19)17-12(13(18)20-4)11-5-7-16(8-6-11)21-9-10-22-16/h5,12H,6-10H2,1-4H3,(H,17,19)/t12-/m0/s1. The molecule has 0 unspecified atom stereocenters. The molecular formula is C16H25NO6. The van der Waals surface area contributed by atoms with Gasteiger partial charge in [0.1, 0.15) is 5.60 Å². The third kappa shape index (κ3) is 4.68. The van der Waals surface area contributed by atoms with Crippen LogP contribution in [0.1, 0.15) is 40.0 Å². The number of alkyl carbamates (subject to hydrolysis) is 1. The van der Waals surface area contributed by atoms with Gasteiger partial charge in [-0.1, -0.05) is 6.08 Å². The lowest BCUT2D eigenvalue weighted by Gasteiger charge is -2.32. The van der Waals surface area contributed by atoms with E-state index in [-0.39, 0.29) is 0 Å². The molecule has 130 valence electrons. The maximum absolute atomic E-state index is 12.0. The highest BCUT2D eigenvalue weighted by atomic mass is 16.7. The zero-order valence-corrected chi connectivity index (χ0v) is 14.1. The normalized spacial score (nSPS) is 21.5. The Morgan fingerprint density at radius 3 is 2.43 bits per heavy atom. The number of ether oxygens (including phenoxy) is 4. The molecule has 0 radical (unpaired) electrons. The van der Waals surface area contributed by atoms with E-state index < -0.39 is 29.5 Å². The van der Waals surface area contributed by atoms with Crippen LogP contribution in [0.5, 0.6) is 0 Å². The topological polar surface area (TPSA) is 83.1 Å².